The Morgan fingerprint density at radius 1 is 1.12 bits per heavy atom. The van der Waals surface area contributed by atoms with Crippen LogP contribution in [0.15, 0.2) is 36.4 Å². The lowest BCUT2D eigenvalue weighted by Gasteiger charge is -2.43. The summed E-state index contributed by atoms with van der Waals surface area (Å²) in [6.07, 6.45) is 5.82. The van der Waals surface area contributed by atoms with Gasteiger partial charge in [0.05, 0.1) is 13.5 Å². The van der Waals surface area contributed by atoms with Gasteiger partial charge in [-0.05, 0) is 62.4 Å². The third kappa shape index (κ3) is 6.65. The summed E-state index contributed by atoms with van der Waals surface area (Å²) in [5.74, 6) is 9.53. The highest BCUT2D eigenvalue weighted by Gasteiger charge is 2.40. The molecule has 0 amide bonds. The Morgan fingerprint density at radius 2 is 1.72 bits per heavy atom. The number of ether oxygens (including phenoxy) is 2. The van der Waals surface area contributed by atoms with E-state index in [1.807, 2.05) is 24.3 Å². The summed E-state index contributed by atoms with van der Waals surface area (Å²) in [4.78, 5) is 11.4. The summed E-state index contributed by atoms with van der Waals surface area (Å²) in [5.41, 5.74) is 4.97. The highest BCUT2D eigenvalue weighted by atomic mass is 79.9. The zero-order chi connectivity index (χ0) is 23.9. The van der Waals surface area contributed by atoms with Gasteiger partial charge >= 0.3 is 5.97 Å². The average Bonchev–Trinajstić information content (AvgIpc) is 2.72. The standard InChI is InChI=1S/C25H27BrO3.C3H4/c1-24(2)16-25(3,4)29-23-20(15-26)12-19(13-21(23)24)11-8-17-6-9-18(10-7-17)14-22(27)28-5;1-3-2/h6-7,9-10,12-13H,14-16H2,1-5H3;1H,2H3. The first kappa shape index (κ1) is 25.6. The highest BCUT2D eigenvalue weighted by molar-refractivity contribution is 9.08. The second-order valence-electron chi connectivity index (χ2n) is 9.06. The lowest BCUT2D eigenvalue weighted by Crippen LogP contribution is -2.41. The van der Waals surface area contributed by atoms with Gasteiger partial charge in [-0.3, -0.25) is 4.79 Å². The molecule has 0 saturated carbocycles. The second-order valence-corrected chi connectivity index (χ2v) is 9.62. The molecule has 3 nitrogen and oxygen atoms in total. The predicted octanol–water partition coefficient (Wildman–Crippen LogP) is 6.18. The first-order valence-electron chi connectivity index (χ1n) is 10.5. The zero-order valence-electron chi connectivity index (χ0n) is 19.8. The van der Waals surface area contributed by atoms with Crippen molar-refractivity contribution >= 4 is 21.9 Å². The minimum atomic E-state index is -0.242. The molecule has 0 saturated heterocycles. The summed E-state index contributed by atoms with van der Waals surface area (Å²) >= 11 is 3.61. The molecule has 2 aromatic rings. The monoisotopic (exact) mass is 494 g/mol. The molecule has 1 aliphatic heterocycles. The SMILES string of the molecule is C#CC.COC(=O)Cc1ccc(C#Cc2cc(CBr)c3c(c2)C(C)(C)CC(C)(C)O3)cc1. The molecule has 0 fully saturated rings. The Kier molecular flexibility index (Phi) is 8.59. The van der Waals surface area contributed by atoms with Gasteiger partial charge in [-0.15, -0.1) is 12.3 Å². The number of fused-ring (bicyclic) bond motifs is 1. The van der Waals surface area contributed by atoms with Crippen molar-refractivity contribution in [3.63, 3.8) is 0 Å². The average molecular weight is 495 g/mol. The Morgan fingerprint density at radius 3 is 2.28 bits per heavy atom. The van der Waals surface area contributed by atoms with Crippen LogP contribution in [0, 0.1) is 24.2 Å². The fraction of sp³-hybridized carbons (Fsp3) is 0.393. The molecule has 0 unspecified atom stereocenters. The molecule has 2 aromatic carbocycles. The molecule has 32 heavy (non-hydrogen) atoms. The lowest BCUT2D eigenvalue weighted by molar-refractivity contribution is -0.139. The smallest absolute Gasteiger partial charge is 0.309 e. The van der Waals surface area contributed by atoms with Gasteiger partial charge in [0.1, 0.15) is 11.4 Å². The molecule has 0 spiro atoms. The predicted molar refractivity (Wildman–Crippen MR) is 134 cm³/mol. The van der Waals surface area contributed by atoms with Gasteiger partial charge in [0.2, 0.25) is 0 Å². The molecule has 3 rings (SSSR count). The van der Waals surface area contributed by atoms with Crippen molar-refractivity contribution in [1.29, 1.82) is 0 Å². The molecular weight excluding hydrogens is 464 g/mol. The summed E-state index contributed by atoms with van der Waals surface area (Å²) < 4.78 is 11.0. The zero-order valence-corrected chi connectivity index (χ0v) is 21.4. The van der Waals surface area contributed by atoms with Gasteiger partial charge in [0.15, 0.2) is 0 Å². The number of halogens is 1. The number of esters is 1. The number of terminal acetylenes is 1. The number of methoxy groups -OCH3 is 1. The van der Waals surface area contributed by atoms with E-state index in [4.69, 9.17) is 9.47 Å². The van der Waals surface area contributed by atoms with E-state index in [0.29, 0.717) is 0 Å². The van der Waals surface area contributed by atoms with E-state index in [0.717, 1.165) is 39.8 Å². The van der Waals surface area contributed by atoms with Crippen molar-refractivity contribution < 1.29 is 14.3 Å². The molecule has 0 atom stereocenters. The molecule has 0 radical (unpaired) electrons. The van der Waals surface area contributed by atoms with Crippen LogP contribution in [0.4, 0.5) is 0 Å². The van der Waals surface area contributed by atoms with Crippen molar-refractivity contribution in [2.24, 2.45) is 0 Å². The maximum Gasteiger partial charge on any atom is 0.309 e. The van der Waals surface area contributed by atoms with Gasteiger partial charge in [-0.1, -0.05) is 53.8 Å². The quantitative estimate of drug-likeness (QED) is 0.290. The Labute approximate surface area is 201 Å². The van der Waals surface area contributed by atoms with Crippen molar-refractivity contribution in [1.82, 2.24) is 0 Å². The van der Waals surface area contributed by atoms with Crippen LogP contribution in [-0.2, 0) is 26.7 Å². The van der Waals surface area contributed by atoms with E-state index in [9.17, 15) is 4.79 Å². The van der Waals surface area contributed by atoms with Crippen LogP contribution in [0.2, 0.25) is 0 Å². The molecule has 4 heteroatoms. The number of hydrogen-bond acceptors (Lipinski definition) is 3. The molecule has 168 valence electrons. The van der Waals surface area contributed by atoms with Gasteiger partial charge in [0.25, 0.3) is 0 Å². The number of carbonyl (C=O) groups excluding carboxylic acids is 1. The topological polar surface area (TPSA) is 35.5 Å². The Balaban J connectivity index is 0.00000114. The molecule has 1 aliphatic rings. The van der Waals surface area contributed by atoms with Gasteiger partial charge in [-0.25, -0.2) is 0 Å². The summed E-state index contributed by atoms with van der Waals surface area (Å²) in [6, 6.07) is 12.0. The molecule has 0 aliphatic carbocycles. The first-order valence-corrected chi connectivity index (χ1v) is 11.6. The number of carbonyl (C=O) groups is 1. The van der Waals surface area contributed by atoms with Gasteiger partial charge < -0.3 is 9.47 Å². The van der Waals surface area contributed by atoms with Crippen molar-refractivity contribution in [3.05, 3.63) is 64.2 Å². The molecule has 0 N–H and O–H groups in total. The van der Waals surface area contributed by atoms with Crippen LogP contribution in [0.25, 0.3) is 0 Å². The van der Waals surface area contributed by atoms with Gasteiger partial charge in [0, 0.05) is 27.6 Å². The van der Waals surface area contributed by atoms with E-state index in [-0.39, 0.29) is 23.4 Å². The van der Waals surface area contributed by atoms with Crippen LogP contribution in [0.3, 0.4) is 0 Å². The second kappa shape index (κ2) is 10.8. The van der Waals surface area contributed by atoms with Crippen molar-refractivity contribution in [3.8, 4) is 29.9 Å². The maximum atomic E-state index is 11.4. The van der Waals surface area contributed by atoms with Crippen LogP contribution in [0.1, 0.15) is 68.9 Å². The van der Waals surface area contributed by atoms with Crippen LogP contribution >= 0.6 is 15.9 Å². The fourth-order valence-corrected chi connectivity index (χ4v) is 4.46. The minimum absolute atomic E-state index is 0.0151. The van der Waals surface area contributed by atoms with E-state index in [1.54, 1.807) is 6.92 Å². The minimum Gasteiger partial charge on any atom is -0.487 e. The summed E-state index contributed by atoms with van der Waals surface area (Å²) in [6.45, 7) is 10.5. The third-order valence-electron chi connectivity index (χ3n) is 5.17. The van der Waals surface area contributed by atoms with Gasteiger partial charge in [-0.2, -0.15) is 0 Å². The molecule has 0 bridgehead atoms. The lowest BCUT2D eigenvalue weighted by atomic mass is 9.73. The number of hydrogen-bond donors (Lipinski definition) is 0. The highest BCUT2D eigenvalue weighted by Crippen LogP contribution is 2.47. The van der Waals surface area contributed by atoms with E-state index in [2.05, 4.69) is 79.9 Å². The van der Waals surface area contributed by atoms with Crippen molar-refractivity contribution in [2.75, 3.05) is 7.11 Å². The maximum absolute atomic E-state index is 11.4. The van der Waals surface area contributed by atoms with Crippen LogP contribution in [0.5, 0.6) is 5.75 Å². The molecular formula is C28H31BrO3. The fourth-order valence-electron chi connectivity index (χ4n) is 4.04. The summed E-state index contributed by atoms with van der Waals surface area (Å²) in [5, 5.41) is 0.721. The Bertz CT molecular complexity index is 1060. The Hall–Kier alpha value is -2.69. The number of alkyl halides is 1. The van der Waals surface area contributed by atoms with E-state index < -0.39 is 0 Å². The third-order valence-corrected chi connectivity index (χ3v) is 5.77. The van der Waals surface area contributed by atoms with E-state index in [1.165, 1.54) is 12.7 Å². The number of rotatable bonds is 3. The first-order chi connectivity index (χ1) is 15.0. The van der Waals surface area contributed by atoms with Crippen LogP contribution < -0.4 is 4.74 Å². The normalized spacial score (nSPS) is 14.8. The summed E-state index contributed by atoms with van der Waals surface area (Å²) in [7, 11) is 1.40. The van der Waals surface area contributed by atoms with Crippen molar-refractivity contribution in [2.45, 2.75) is 63.8 Å². The largest absolute Gasteiger partial charge is 0.487 e. The van der Waals surface area contributed by atoms with Crippen LogP contribution in [-0.4, -0.2) is 18.7 Å². The molecule has 1 heterocycles. The number of benzene rings is 2. The van der Waals surface area contributed by atoms with E-state index >= 15 is 0 Å². The molecule has 0 aromatic heterocycles.